The first-order valence-corrected chi connectivity index (χ1v) is 13.5. The van der Waals surface area contributed by atoms with Crippen molar-refractivity contribution < 1.29 is 28.9 Å². The van der Waals surface area contributed by atoms with E-state index in [-0.39, 0.29) is 29.0 Å². The van der Waals surface area contributed by atoms with E-state index < -0.39 is 11.8 Å². The monoisotopic (exact) mass is 548 g/mol. The van der Waals surface area contributed by atoms with Gasteiger partial charge in [0, 0.05) is 55.1 Å². The Labute approximate surface area is 234 Å². The van der Waals surface area contributed by atoms with E-state index in [0.29, 0.717) is 67.0 Å². The summed E-state index contributed by atoms with van der Waals surface area (Å²) in [5, 5.41) is 21.1. The first kappa shape index (κ1) is 29.4. The topological polar surface area (TPSA) is 90.3 Å². The second-order valence-corrected chi connectivity index (χ2v) is 10.7. The number of ether oxygens (including phenoxy) is 1. The number of likely N-dealkylation sites (tertiary alicyclic amines) is 1. The number of phenols is 2. The molecule has 4 rings (SSSR count). The van der Waals surface area contributed by atoms with Gasteiger partial charge in [-0.2, -0.15) is 0 Å². The molecule has 3 atom stereocenters. The highest BCUT2D eigenvalue weighted by atomic mass is 19.1. The molecule has 3 aromatic rings. The number of piperidine rings is 1. The molecular formula is C32H37FN2O5. The Morgan fingerprint density at radius 2 is 1.82 bits per heavy atom. The number of phenolic OH excluding ortho intramolecular Hbond substituents is 2. The van der Waals surface area contributed by atoms with E-state index in [4.69, 9.17) is 4.74 Å². The number of hydrogen-bond donors (Lipinski definition) is 2. The Morgan fingerprint density at radius 3 is 2.52 bits per heavy atom. The van der Waals surface area contributed by atoms with Crippen molar-refractivity contribution in [2.24, 2.45) is 5.92 Å². The zero-order valence-corrected chi connectivity index (χ0v) is 23.2. The maximum atomic E-state index is 14.9. The van der Waals surface area contributed by atoms with E-state index in [1.54, 1.807) is 37.3 Å². The molecule has 0 aromatic heterocycles. The highest BCUT2D eigenvalue weighted by Crippen LogP contribution is 2.47. The van der Waals surface area contributed by atoms with Gasteiger partial charge in [0.15, 0.2) is 5.78 Å². The smallest absolute Gasteiger partial charge is 0.167 e. The first-order chi connectivity index (χ1) is 19.2. The Hall–Kier alpha value is -3.59. The summed E-state index contributed by atoms with van der Waals surface area (Å²) in [5.41, 5.74) is 2.45. The fourth-order valence-electron chi connectivity index (χ4n) is 5.64. The summed E-state index contributed by atoms with van der Waals surface area (Å²) in [4.78, 5) is 29.7. The molecule has 1 saturated heterocycles. The number of benzene rings is 3. The molecule has 0 amide bonds. The van der Waals surface area contributed by atoms with Crippen molar-refractivity contribution >= 4 is 12.1 Å². The van der Waals surface area contributed by atoms with E-state index in [2.05, 4.69) is 4.90 Å². The molecule has 0 aliphatic carbocycles. The molecule has 1 aliphatic rings. The molecule has 40 heavy (non-hydrogen) atoms. The number of Topliss-reactive ketones (excluding diaryl/α,β-unsaturated/α-hetero) is 1. The van der Waals surface area contributed by atoms with E-state index >= 15 is 0 Å². The number of aldehydes is 1. The lowest BCUT2D eigenvalue weighted by atomic mass is 9.67. The number of hydrogen-bond acceptors (Lipinski definition) is 7. The van der Waals surface area contributed by atoms with E-state index in [1.807, 2.05) is 25.1 Å². The van der Waals surface area contributed by atoms with Crippen molar-refractivity contribution in [3.63, 3.8) is 0 Å². The molecule has 1 heterocycles. The zero-order chi connectivity index (χ0) is 28.8. The minimum Gasteiger partial charge on any atom is -0.508 e. The van der Waals surface area contributed by atoms with E-state index in [1.165, 1.54) is 24.3 Å². The summed E-state index contributed by atoms with van der Waals surface area (Å²) >= 11 is 0. The fraction of sp³-hybridized carbons (Fsp3) is 0.375. The van der Waals surface area contributed by atoms with Crippen LogP contribution in [0, 0.1) is 18.7 Å². The van der Waals surface area contributed by atoms with Crippen LogP contribution in [-0.2, 0) is 4.74 Å². The van der Waals surface area contributed by atoms with Crippen molar-refractivity contribution in [3.8, 4) is 11.5 Å². The third kappa shape index (κ3) is 6.75. The Kier molecular flexibility index (Phi) is 9.68. The number of ketones is 1. The minimum absolute atomic E-state index is 0.00931. The fourth-order valence-corrected chi connectivity index (χ4v) is 5.64. The molecule has 2 N–H and O–H groups in total. The Bertz CT molecular complexity index is 1340. The van der Waals surface area contributed by atoms with Gasteiger partial charge in [-0.1, -0.05) is 36.4 Å². The number of carbonyl (C=O) groups is 2. The highest BCUT2D eigenvalue weighted by molar-refractivity contribution is 5.99. The minimum atomic E-state index is -0.604. The molecular weight excluding hydrogens is 511 g/mol. The molecule has 1 aliphatic heterocycles. The number of nitrogens with zero attached hydrogens (tertiary/aromatic N) is 2. The number of halogens is 1. The molecule has 7 nitrogen and oxygen atoms in total. The van der Waals surface area contributed by atoms with Crippen molar-refractivity contribution in [1.29, 1.82) is 0 Å². The van der Waals surface area contributed by atoms with Crippen molar-refractivity contribution in [2.75, 3.05) is 53.5 Å². The number of carbonyl (C=O) groups excluding carboxylic acids is 2. The van der Waals surface area contributed by atoms with Crippen LogP contribution in [0.5, 0.6) is 11.5 Å². The van der Waals surface area contributed by atoms with E-state index in [9.17, 15) is 24.2 Å². The average molecular weight is 549 g/mol. The summed E-state index contributed by atoms with van der Waals surface area (Å²) in [5.74, 6) is -2.04. The normalized spacial score (nSPS) is 19.6. The predicted octanol–water partition coefficient (Wildman–Crippen LogP) is 4.62. The number of likely N-dealkylation sites (N-methyl/N-ethyl adjacent to an activating group) is 1. The van der Waals surface area contributed by atoms with Gasteiger partial charge in [0.25, 0.3) is 0 Å². The van der Waals surface area contributed by atoms with Crippen LogP contribution in [0.1, 0.15) is 49.2 Å². The maximum absolute atomic E-state index is 14.9. The Balaban J connectivity index is 1.78. The van der Waals surface area contributed by atoms with Gasteiger partial charge < -0.3 is 19.8 Å². The molecule has 212 valence electrons. The van der Waals surface area contributed by atoms with Gasteiger partial charge in [-0.3, -0.25) is 14.5 Å². The summed E-state index contributed by atoms with van der Waals surface area (Å²) in [6, 6.07) is 15.9. The van der Waals surface area contributed by atoms with Crippen LogP contribution in [0.3, 0.4) is 0 Å². The molecule has 1 fully saturated rings. The van der Waals surface area contributed by atoms with E-state index in [0.717, 1.165) is 6.54 Å². The standard InChI is InChI=1S/C32H37FN2O5/c1-21-25(8-5-9-29(21)33)31-27(26-11-10-22(20-36)16-30(26)38)18-35(13-15-40-14-12-34(2)3)19-28(31)32(39)23-6-4-7-24(37)17-23/h4-11,16-17,20,27-28,31,37-38H,12-15,18-19H2,1-3H3/t27-,28+,31+/m0/s1. The number of rotatable bonds is 11. The van der Waals surface area contributed by atoms with Crippen LogP contribution in [0.15, 0.2) is 60.7 Å². The second kappa shape index (κ2) is 13.2. The molecule has 0 bridgehead atoms. The summed E-state index contributed by atoms with van der Waals surface area (Å²) in [7, 11) is 3.96. The van der Waals surface area contributed by atoms with Crippen LogP contribution in [0.25, 0.3) is 0 Å². The lowest BCUT2D eigenvalue weighted by molar-refractivity contribution is 0.0558. The molecule has 0 radical (unpaired) electrons. The van der Waals surface area contributed by atoms with Gasteiger partial charge in [-0.15, -0.1) is 0 Å². The molecule has 8 heteroatoms. The molecule has 0 unspecified atom stereocenters. The van der Waals surface area contributed by atoms with Gasteiger partial charge >= 0.3 is 0 Å². The second-order valence-electron chi connectivity index (χ2n) is 10.7. The number of aromatic hydroxyl groups is 2. The zero-order valence-electron chi connectivity index (χ0n) is 23.2. The molecule has 0 spiro atoms. The lowest BCUT2D eigenvalue weighted by Gasteiger charge is -2.44. The summed E-state index contributed by atoms with van der Waals surface area (Å²) in [6.45, 7) is 5.00. The molecule has 0 saturated carbocycles. The van der Waals surface area contributed by atoms with Gasteiger partial charge in [0.1, 0.15) is 23.6 Å². The molecule has 3 aromatic carbocycles. The van der Waals surface area contributed by atoms with Gasteiger partial charge in [-0.25, -0.2) is 4.39 Å². The van der Waals surface area contributed by atoms with Crippen molar-refractivity contribution in [2.45, 2.75) is 18.8 Å². The largest absolute Gasteiger partial charge is 0.508 e. The van der Waals surface area contributed by atoms with Crippen molar-refractivity contribution in [3.05, 3.63) is 94.3 Å². The van der Waals surface area contributed by atoms with Crippen molar-refractivity contribution in [1.82, 2.24) is 9.80 Å². The van der Waals surface area contributed by atoms with Gasteiger partial charge in [0.2, 0.25) is 0 Å². The van der Waals surface area contributed by atoms with Gasteiger partial charge in [0.05, 0.1) is 13.2 Å². The highest BCUT2D eigenvalue weighted by Gasteiger charge is 2.43. The Morgan fingerprint density at radius 1 is 1.05 bits per heavy atom. The third-order valence-electron chi connectivity index (χ3n) is 7.74. The summed E-state index contributed by atoms with van der Waals surface area (Å²) in [6.07, 6.45) is 0.671. The first-order valence-electron chi connectivity index (χ1n) is 13.5. The quantitative estimate of drug-likeness (QED) is 0.205. The SMILES string of the molecule is Cc1c(F)cccc1[C@H]1[C@H](C(=O)c2cccc(O)c2)CN(CCOCCN(C)C)C[C@H]1c1ccc(C=O)cc1O. The van der Waals surface area contributed by atoms with Gasteiger partial charge in [-0.05, 0) is 62.0 Å². The summed E-state index contributed by atoms with van der Waals surface area (Å²) < 4.78 is 20.7. The van der Waals surface area contributed by atoms with Crippen LogP contribution in [-0.4, -0.2) is 85.6 Å². The third-order valence-corrected chi connectivity index (χ3v) is 7.74. The van der Waals surface area contributed by atoms with Crippen LogP contribution >= 0.6 is 0 Å². The maximum Gasteiger partial charge on any atom is 0.167 e. The average Bonchev–Trinajstić information content (AvgIpc) is 2.93. The van der Waals surface area contributed by atoms with Crippen LogP contribution < -0.4 is 0 Å². The van der Waals surface area contributed by atoms with Crippen LogP contribution in [0.2, 0.25) is 0 Å². The predicted molar refractivity (Wildman–Crippen MR) is 152 cm³/mol. The lowest BCUT2D eigenvalue weighted by Crippen LogP contribution is -2.48. The van der Waals surface area contributed by atoms with Crippen LogP contribution in [0.4, 0.5) is 4.39 Å².